The second-order valence-corrected chi connectivity index (χ2v) is 5.19. The van der Waals surface area contributed by atoms with E-state index in [0.717, 1.165) is 12.0 Å². The highest BCUT2D eigenvalue weighted by atomic mass is 16.5. The lowest BCUT2D eigenvalue weighted by molar-refractivity contribution is 0.0600. The third kappa shape index (κ3) is 5.28. The van der Waals surface area contributed by atoms with Crippen LogP contribution in [0.1, 0.15) is 15.9 Å². The molecule has 0 aliphatic heterocycles. The van der Waals surface area contributed by atoms with E-state index in [0.29, 0.717) is 36.0 Å². The quantitative estimate of drug-likeness (QED) is 0.395. The van der Waals surface area contributed by atoms with Gasteiger partial charge in [0, 0.05) is 0 Å². The SMILES string of the molecule is C=CCc1ccc(OCCOc2ccc(C(=O)OC)cc2)c(OC)c1. The lowest BCUT2D eigenvalue weighted by Gasteiger charge is -2.12. The smallest absolute Gasteiger partial charge is 0.337 e. The van der Waals surface area contributed by atoms with Crippen molar-refractivity contribution in [3.05, 3.63) is 66.2 Å². The highest BCUT2D eigenvalue weighted by Gasteiger charge is 2.07. The van der Waals surface area contributed by atoms with Gasteiger partial charge < -0.3 is 18.9 Å². The fraction of sp³-hybridized carbons (Fsp3) is 0.250. The Balaban J connectivity index is 1.84. The van der Waals surface area contributed by atoms with Crippen LogP contribution in [-0.4, -0.2) is 33.4 Å². The molecule has 132 valence electrons. The summed E-state index contributed by atoms with van der Waals surface area (Å²) in [4.78, 5) is 11.4. The van der Waals surface area contributed by atoms with E-state index in [1.807, 2.05) is 24.3 Å². The lowest BCUT2D eigenvalue weighted by Crippen LogP contribution is -2.10. The Bertz CT molecular complexity index is 707. The summed E-state index contributed by atoms with van der Waals surface area (Å²) in [6, 6.07) is 12.5. The second-order valence-electron chi connectivity index (χ2n) is 5.19. The van der Waals surface area contributed by atoms with Crippen LogP contribution in [0.4, 0.5) is 0 Å². The minimum atomic E-state index is -0.373. The molecular weight excluding hydrogens is 320 g/mol. The first-order valence-electron chi connectivity index (χ1n) is 7.89. The number of carbonyl (C=O) groups excluding carboxylic acids is 1. The predicted octanol–water partition coefficient (Wildman–Crippen LogP) is 3.67. The monoisotopic (exact) mass is 342 g/mol. The first-order chi connectivity index (χ1) is 12.2. The van der Waals surface area contributed by atoms with Crippen molar-refractivity contribution in [2.24, 2.45) is 0 Å². The molecule has 0 saturated carbocycles. The molecule has 0 amide bonds. The molecule has 5 heteroatoms. The molecule has 0 aromatic heterocycles. The molecule has 0 atom stereocenters. The van der Waals surface area contributed by atoms with Crippen molar-refractivity contribution < 1.29 is 23.7 Å². The average molecular weight is 342 g/mol. The van der Waals surface area contributed by atoms with Crippen LogP contribution >= 0.6 is 0 Å². The van der Waals surface area contributed by atoms with Crippen LogP contribution in [0.2, 0.25) is 0 Å². The van der Waals surface area contributed by atoms with Crippen LogP contribution in [0.5, 0.6) is 17.2 Å². The molecule has 2 aromatic rings. The van der Waals surface area contributed by atoms with Gasteiger partial charge >= 0.3 is 5.97 Å². The standard InChI is InChI=1S/C20H22O5/c1-4-5-15-6-11-18(19(14-15)22-2)25-13-12-24-17-9-7-16(8-10-17)20(21)23-3/h4,6-11,14H,1,5,12-13H2,2-3H3. The molecule has 25 heavy (non-hydrogen) atoms. The number of ether oxygens (including phenoxy) is 4. The van der Waals surface area contributed by atoms with Gasteiger partial charge in [-0.3, -0.25) is 0 Å². The van der Waals surface area contributed by atoms with Crippen molar-refractivity contribution in [3.8, 4) is 17.2 Å². The van der Waals surface area contributed by atoms with Gasteiger partial charge in [0.05, 0.1) is 19.8 Å². The molecule has 0 aliphatic carbocycles. The zero-order valence-corrected chi connectivity index (χ0v) is 14.5. The van der Waals surface area contributed by atoms with Gasteiger partial charge in [-0.25, -0.2) is 4.79 Å². The summed E-state index contributed by atoms with van der Waals surface area (Å²) in [6.45, 7) is 4.47. The maximum Gasteiger partial charge on any atom is 0.337 e. The highest BCUT2D eigenvalue weighted by Crippen LogP contribution is 2.28. The highest BCUT2D eigenvalue weighted by molar-refractivity contribution is 5.89. The van der Waals surface area contributed by atoms with Crippen molar-refractivity contribution in [1.29, 1.82) is 0 Å². The van der Waals surface area contributed by atoms with Gasteiger partial charge in [0.2, 0.25) is 0 Å². The maximum absolute atomic E-state index is 11.4. The van der Waals surface area contributed by atoms with E-state index in [2.05, 4.69) is 11.3 Å². The van der Waals surface area contributed by atoms with Crippen LogP contribution in [0.15, 0.2) is 55.1 Å². The van der Waals surface area contributed by atoms with Crippen molar-refractivity contribution in [2.45, 2.75) is 6.42 Å². The first-order valence-corrected chi connectivity index (χ1v) is 7.89. The molecular formula is C20H22O5. The van der Waals surface area contributed by atoms with Crippen molar-refractivity contribution in [3.63, 3.8) is 0 Å². The number of allylic oxidation sites excluding steroid dienone is 1. The molecule has 0 fully saturated rings. The average Bonchev–Trinajstić information content (AvgIpc) is 2.66. The number of rotatable bonds is 9. The van der Waals surface area contributed by atoms with Gasteiger partial charge in [0.25, 0.3) is 0 Å². The van der Waals surface area contributed by atoms with Crippen molar-refractivity contribution in [2.75, 3.05) is 27.4 Å². The number of hydrogen-bond donors (Lipinski definition) is 0. The van der Waals surface area contributed by atoms with E-state index in [-0.39, 0.29) is 5.97 Å². The molecule has 2 rings (SSSR count). The van der Waals surface area contributed by atoms with Crippen LogP contribution in [-0.2, 0) is 11.2 Å². The minimum Gasteiger partial charge on any atom is -0.493 e. The first kappa shape index (κ1) is 18.4. The Morgan fingerprint density at radius 2 is 1.72 bits per heavy atom. The summed E-state index contributed by atoms with van der Waals surface area (Å²) in [5, 5.41) is 0. The van der Waals surface area contributed by atoms with Gasteiger partial charge in [-0.15, -0.1) is 6.58 Å². The summed E-state index contributed by atoms with van der Waals surface area (Å²) in [7, 11) is 2.96. The van der Waals surface area contributed by atoms with Crippen LogP contribution in [0.25, 0.3) is 0 Å². The van der Waals surface area contributed by atoms with Gasteiger partial charge in [-0.2, -0.15) is 0 Å². The van der Waals surface area contributed by atoms with Crippen LogP contribution < -0.4 is 14.2 Å². The molecule has 2 aromatic carbocycles. The normalized spacial score (nSPS) is 10.0. The number of esters is 1. The van der Waals surface area contributed by atoms with E-state index in [9.17, 15) is 4.79 Å². The Labute approximate surface area is 147 Å². The van der Waals surface area contributed by atoms with Gasteiger partial charge in [-0.1, -0.05) is 12.1 Å². The van der Waals surface area contributed by atoms with E-state index in [1.165, 1.54) is 7.11 Å². The molecule has 0 unspecified atom stereocenters. The zero-order valence-electron chi connectivity index (χ0n) is 14.5. The summed E-state index contributed by atoms with van der Waals surface area (Å²) in [5.41, 5.74) is 1.59. The van der Waals surface area contributed by atoms with Gasteiger partial charge in [0.15, 0.2) is 11.5 Å². The molecule has 0 radical (unpaired) electrons. The van der Waals surface area contributed by atoms with Crippen molar-refractivity contribution in [1.82, 2.24) is 0 Å². The molecule has 0 spiro atoms. The molecule has 5 nitrogen and oxygen atoms in total. The van der Waals surface area contributed by atoms with Gasteiger partial charge in [-0.05, 0) is 48.4 Å². The second kappa shape index (κ2) is 9.37. The third-order valence-electron chi connectivity index (χ3n) is 3.49. The molecule has 0 saturated heterocycles. The molecule has 0 N–H and O–H groups in total. The summed E-state index contributed by atoms with van der Waals surface area (Å²) >= 11 is 0. The van der Waals surface area contributed by atoms with Crippen molar-refractivity contribution >= 4 is 5.97 Å². The van der Waals surface area contributed by atoms with Gasteiger partial charge in [0.1, 0.15) is 19.0 Å². The zero-order chi connectivity index (χ0) is 18.1. The lowest BCUT2D eigenvalue weighted by atomic mass is 10.1. The summed E-state index contributed by atoms with van der Waals surface area (Å²) < 4.78 is 21.3. The number of hydrogen-bond acceptors (Lipinski definition) is 5. The minimum absolute atomic E-state index is 0.370. The largest absolute Gasteiger partial charge is 0.493 e. The predicted molar refractivity (Wildman–Crippen MR) is 95.7 cm³/mol. The molecule has 0 aliphatic rings. The Kier molecular flexibility index (Phi) is 6.89. The maximum atomic E-state index is 11.4. The summed E-state index contributed by atoms with van der Waals surface area (Å²) in [5.74, 6) is 1.63. The Morgan fingerprint density at radius 3 is 2.36 bits per heavy atom. The van der Waals surface area contributed by atoms with E-state index in [4.69, 9.17) is 14.2 Å². The Hall–Kier alpha value is -2.95. The topological polar surface area (TPSA) is 54.0 Å². The van der Waals surface area contributed by atoms with E-state index < -0.39 is 0 Å². The van der Waals surface area contributed by atoms with E-state index in [1.54, 1.807) is 31.4 Å². The fourth-order valence-corrected chi connectivity index (χ4v) is 2.24. The fourth-order valence-electron chi connectivity index (χ4n) is 2.24. The number of benzene rings is 2. The Morgan fingerprint density at radius 1 is 1.00 bits per heavy atom. The summed E-state index contributed by atoms with van der Waals surface area (Å²) in [6.07, 6.45) is 2.62. The third-order valence-corrected chi connectivity index (χ3v) is 3.49. The van der Waals surface area contributed by atoms with E-state index >= 15 is 0 Å². The van der Waals surface area contributed by atoms with Crippen LogP contribution in [0.3, 0.4) is 0 Å². The number of carbonyl (C=O) groups is 1. The molecule has 0 bridgehead atoms. The number of methoxy groups -OCH3 is 2. The molecule has 0 heterocycles. The van der Waals surface area contributed by atoms with Crippen LogP contribution in [0, 0.1) is 0 Å².